The number of nitrogen functional groups attached to an aromatic ring is 2. The van der Waals surface area contributed by atoms with Crippen molar-refractivity contribution in [3.63, 3.8) is 0 Å². The minimum atomic E-state index is 0.293. The molecule has 1 saturated heterocycles. The van der Waals surface area contributed by atoms with Gasteiger partial charge in [-0.25, -0.2) is 4.68 Å². The normalized spacial score (nSPS) is 23.2. The summed E-state index contributed by atoms with van der Waals surface area (Å²) in [6.07, 6.45) is 3.65. The quantitative estimate of drug-likeness (QED) is 0.645. The van der Waals surface area contributed by atoms with Crippen molar-refractivity contribution in [3.05, 3.63) is 5.82 Å². The van der Waals surface area contributed by atoms with Gasteiger partial charge in [0.05, 0.1) is 5.25 Å². The van der Waals surface area contributed by atoms with Crippen molar-refractivity contribution in [2.24, 2.45) is 0 Å². The highest BCUT2D eigenvalue weighted by Crippen LogP contribution is 2.36. The van der Waals surface area contributed by atoms with Crippen molar-refractivity contribution in [2.45, 2.75) is 24.5 Å². The number of hydrogen-bond acceptors (Lipinski definition) is 5. The number of anilines is 1. The Labute approximate surface area is 80.9 Å². The van der Waals surface area contributed by atoms with E-state index >= 15 is 0 Å². The maximum absolute atomic E-state index is 5.69. The third-order valence-electron chi connectivity index (χ3n) is 2.22. The van der Waals surface area contributed by atoms with Crippen LogP contribution in [-0.2, 0) is 0 Å². The molecule has 1 atom stereocenters. The molecule has 0 saturated carbocycles. The van der Waals surface area contributed by atoms with Gasteiger partial charge in [-0.3, -0.25) is 0 Å². The molecule has 1 aliphatic heterocycles. The summed E-state index contributed by atoms with van der Waals surface area (Å²) < 4.78 is 1.39. The van der Waals surface area contributed by atoms with Crippen molar-refractivity contribution in [1.82, 2.24) is 14.9 Å². The molecule has 13 heavy (non-hydrogen) atoms. The topological polar surface area (TPSA) is 82.8 Å². The molecule has 0 aliphatic carbocycles. The van der Waals surface area contributed by atoms with E-state index < -0.39 is 0 Å². The van der Waals surface area contributed by atoms with E-state index in [1.807, 2.05) is 11.8 Å². The van der Waals surface area contributed by atoms with Crippen molar-refractivity contribution >= 4 is 17.7 Å². The van der Waals surface area contributed by atoms with Gasteiger partial charge >= 0.3 is 0 Å². The zero-order chi connectivity index (χ0) is 9.26. The van der Waals surface area contributed by atoms with E-state index in [2.05, 4.69) is 10.2 Å². The van der Waals surface area contributed by atoms with Crippen LogP contribution in [0.2, 0.25) is 0 Å². The molecular weight excluding hydrogens is 186 g/mol. The molecule has 1 aromatic rings. The number of aromatic nitrogens is 3. The van der Waals surface area contributed by atoms with Crippen molar-refractivity contribution in [1.29, 1.82) is 0 Å². The van der Waals surface area contributed by atoms with Gasteiger partial charge in [0.2, 0.25) is 5.95 Å². The molecule has 1 unspecified atom stereocenters. The molecule has 2 rings (SSSR count). The van der Waals surface area contributed by atoms with Crippen LogP contribution in [0.15, 0.2) is 0 Å². The number of nitrogens with two attached hydrogens (primary N) is 2. The first-order valence-electron chi connectivity index (χ1n) is 4.36. The molecule has 0 bridgehead atoms. The van der Waals surface area contributed by atoms with E-state index in [0.717, 1.165) is 12.2 Å². The Kier molecular flexibility index (Phi) is 2.30. The molecule has 0 aromatic carbocycles. The second-order valence-corrected chi connectivity index (χ2v) is 4.45. The molecule has 0 radical (unpaired) electrons. The van der Waals surface area contributed by atoms with Crippen LogP contribution in [0.4, 0.5) is 5.95 Å². The Bertz CT molecular complexity index is 291. The van der Waals surface area contributed by atoms with Crippen LogP contribution < -0.4 is 11.6 Å². The molecule has 1 aliphatic rings. The average Bonchev–Trinajstić information content (AvgIpc) is 2.49. The summed E-state index contributed by atoms with van der Waals surface area (Å²) in [5, 5.41) is 8.10. The smallest absolute Gasteiger partial charge is 0.240 e. The lowest BCUT2D eigenvalue weighted by molar-refractivity contribution is 0.649. The first-order chi connectivity index (χ1) is 6.29. The van der Waals surface area contributed by atoms with Crippen LogP contribution in [0.25, 0.3) is 0 Å². The van der Waals surface area contributed by atoms with Gasteiger partial charge in [-0.1, -0.05) is 6.42 Å². The monoisotopic (exact) mass is 199 g/mol. The molecule has 4 N–H and O–H groups in total. The van der Waals surface area contributed by atoms with Crippen LogP contribution in [0.5, 0.6) is 0 Å². The summed E-state index contributed by atoms with van der Waals surface area (Å²) >= 11 is 1.88. The van der Waals surface area contributed by atoms with Crippen molar-refractivity contribution in [3.8, 4) is 0 Å². The lowest BCUT2D eigenvalue weighted by atomic mass is 10.2. The maximum Gasteiger partial charge on any atom is 0.240 e. The summed E-state index contributed by atoms with van der Waals surface area (Å²) in [6, 6.07) is 0. The van der Waals surface area contributed by atoms with Gasteiger partial charge in [0.15, 0.2) is 5.82 Å². The van der Waals surface area contributed by atoms with E-state index in [0.29, 0.717) is 11.2 Å². The van der Waals surface area contributed by atoms with E-state index in [4.69, 9.17) is 11.6 Å². The van der Waals surface area contributed by atoms with Crippen LogP contribution >= 0.6 is 11.8 Å². The summed E-state index contributed by atoms with van der Waals surface area (Å²) in [5.41, 5.74) is 5.50. The van der Waals surface area contributed by atoms with Crippen LogP contribution in [0.3, 0.4) is 0 Å². The van der Waals surface area contributed by atoms with Gasteiger partial charge in [-0.15, -0.1) is 10.2 Å². The maximum atomic E-state index is 5.69. The van der Waals surface area contributed by atoms with Gasteiger partial charge in [-0.2, -0.15) is 11.8 Å². The first kappa shape index (κ1) is 8.68. The molecule has 72 valence electrons. The number of nitrogens with zero attached hydrogens (tertiary/aromatic N) is 3. The Balaban J connectivity index is 2.18. The number of rotatable bonds is 1. The molecule has 1 fully saturated rings. The Morgan fingerprint density at radius 2 is 2.23 bits per heavy atom. The van der Waals surface area contributed by atoms with Crippen LogP contribution in [0.1, 0.15) is 30.3 Å². The second-order valence-electron chi connectivity index (χ2n) is 3.14. The standard InChI is InChI=1S/C7H13N5S/c8-7-11-10-6(12(7)9)5-3-1-2-4-13-5/h5H,1-4,9H2,(H2,8,11). The SMILES string of the molecule is Nc1nnc(C2CCCCS2)n1N. The summed E-state index contributed by atoms with van der Waals surface area (Å²) in [4.78, 5) is 0. The Hall–Kier alpha value is -0.910. The fourth-order valence-electron chi connectivity index (χ4n) is 1.48. The third-order valence-corrected chi connectivity index (χ3v) is 3.59. The van der Waals surface area contributed by atoms with Gasteiger partial charge in [0.25, 0.3) is 0 Å². The van der Waals surface area contributed by atoms with E-state index in [1.54, 1.807) is 0 Å². The van der Waals surface area contributed by atoms with E-state index in [9.17, 15) is 0 Å². The Morgan fingerprint density at radius 3 is 2.77 bits per heavy atom. The minimum absolute atomic E-state index is 0.293. The molecule has 0 spiro atoms. The van der Waals surface area contributed by atoms with Gasteiger partial charge in [0.1, 0.15) is 0 Å². The third kappa shape index (κ3) is 1.58. The number of thioether (sulfide) groups is 1. The Morgan fingerprint density at radius 1 is 1.38 bits per heavy atom. The summed E-state index contributed by atoms with van der Waals surface area (Å²) in [7, 11) is 0. The van der Waals surface area contributed by atoms with E-state index in [-0.39, 0.29) is 0 Å². The van der Waals surface area contributed by atoms with Crippen molar-refractivity contribution < 1.29 is 0 Å². The zero-order valence-electron chi connectivity index (χ0n) is 7.31. The average molecular weight is 199 g/mol. The summed E-state index contributed by atoms with van der Waals surface area (Å²) in [6.45, 7) is 0. The predicted octanol–water partition coefficient (Wildman–Crippen LogP) is 0.532. The highest BCUT2D eigenvalue weighted by molar-refractivity contribution is 7.99. The molecular formula is C7H13N5S. The van der Waals surface area contributed by atoms with Crippen LogP contribution in [-0.4, -0.2) is 20.6 Å². The van der Waals surface area contributed by atoms with Gasteiger partial charge in [0, 0.05) is 0 Å². The minimum Gasteiger partial charge on any atom is -0.366 e. The second kappa shape index (κ2) is 3.45. The highest BCUT2D eigenvalue weighted by Gasteiger charge is 2.21. The van der Waals surface area contributed by atoms with E-state index in [1.165, 1.54) is 23.3 Å². The lowest BCUT2D eigenvalue weighted by Gasteiger charge is -2.19. The summed E-state index contributed by atoms with van der Waals surface area (Å²) in [5.74, 6) is 7.97. The highest BCUT2D eigenvalue weighted by atomic mass is 32.2. The fourth-order valence-corrected chi connectivity index (χ4v) is 2.78. The zero-order valence-corrected chi connectivity index (χ0v) is 8.13. The lowest BCUT2D eigenvalue weighted by Crippen LogP contribution is -2.18. The van der Waals surface area contributed by atoms with Crippen molar-refractivity contribution in [2.75, 3.05) is 17.3 Å². The molecule has 6 heteroatoms. The molecule has 0 amide bonds. The fraction of sp³-hybridized carbons (Fsp3) is 0.714. The molecule has 5 nitrogen and oxygen atoms in total. The largest absolute Gasteiger partial charge is 0.366 e. The molecule has 2 heterocycles. The van der Waals surface area contributed by atoms with Crippen LogP contribution in [0, 0.1) is 0 Å². The predicted molar refractivity (Wildman–Crippen MR) is 53.6 cm³/mol. The van der Waals surface area contributed by atoms with Gasteiger partial charge in [-0.05, 0) is 18.6 Å². The number of hydrogen-bond donors (Lipinski definition) is 2. The molecule has 1 aromatic heterocycles. The first-order valence-corrected chi connectivity index (χ1v) is 5.41. The van der Waals surface area contributed by atoms with Gasteiger partial charge < -0.3 is 11.6 Å².